The lowest BCUT2D eigenvalue weighted by atomic mass is 9.81. The Morgan fingerprint density at radius 1 is 1.39 bits per heavy atom. The molecule has 1 aromatic carbocycles. The summed E-state index contributed by atoms with van der Waals surface area (Å²) in [6.07, 6.45) is 3.42. The van der Waals surface area contributed by atoms with E-state index in [4.69, 9.17) is 5.73 Å². The molecule has 0 aromatic heterocycles. The first-order valence-corrected chi connectivity index (χ1v) is 7.77. The molecule has 1 fully saturated rings. The zero-order valence-electron chi connectivity index (χ0n) is 10.8. The molecule has 0 saturated heterocycles. The first-order valence-electron chi connectivity index (χ1n) is 6.28. The lowest BCUT2D eigenvalue weighted by Crippen LogP contribution is -2.40. The van der Waals surface area contributed by atoms with E-state index in [1.165, 1.54) is 12.5 Å². The van der Waals surface area contributed by atoms with Gasteiger partial charge in [0.1, 0.15) is 0 Å². The van der Waals surface area contributed by atoms with Gasteiger partial charge < -0.3 is 5.73 Å². The van der Waals surface area contributed by atoms with E-state index in [-0.39, 0.29) is 10.9 Å². The average molecular weight is 268 g/mol. The van der Waals surface area contributed by atoms with Gasteiger partial charge in [-0.1, -0.05) is 12.5 Å². The molecule has 1 aliphatic carbocycles. The number of nitrogens with two attached hydrogens (primary N) is 1. The molecule has 100 valence electrons. The van der Waals surface area contributed by atoms with Crippen LogP contribution < -0.4 is 10.5 Å². The first kappa shape index (κ1) is 13.4. The van der Waals surface area contributed by atoms with Gasteiger partial charge in [0.05, 0.1) is 4.90 Å². The van der Waals surface area contributed by atoms with Crippen LogP contribution in [0.2, 0.25) is 0 Å². The van der Waals surface area contributed by atoms with Crippen molar-refractivity contribution >= 4 is 15.7 Å². The molecule has 1 atom stereocenters. The molecular formula is C13H20N2O2S. The van der Waals surface area contributed by atoms with Crippen LogP contribution in [-0.4, -0.2) is 14.5 Å². The molecule has 1 aliphatic rings. The van der Waals surface area contributed by atoms with E-state index in [9.17, 15) is 8.42 Å². The molecule has 0 aliphatic heterocycles. The van der Waals surface area contributed by atoms with Gasteiger partial charge in [-0.2, -0.15) is 0 Å². The molecule has 18 heavy (non-hydrogen) atoms. The van der Waals surface area contributed by atoms with Crippen molar-refractivity contribution in [2.75, 3.05) is 5.73 Å². The molecular weight excluding hydrogens is 248 g/mol. The van der Waals surface area contributed by atoms with Gasteiger partial charge in [-0.05, 0) is 50.3 Å². The number of aryl methyl sites for hydroxylation is 1. The molecule has 0 amide bonds. The van der Waals surface area contributed by atoms with Gasteiger partial charge in [-0.25, -0.2) is 13.1 Å². The Balaban J connectivity index is 2.21. The summed E-state index contributed by atoms with van der Waals surface area (Å²) in [5, 5.41) is 0. The Hall–Kier alpha value is -1.07. The van der Waals surface area contributed by atoms with Gasteiger partial charge >= 0.3 is 0 Å². The lowest BCUT2D eigenvalue weighted by molar-refractivity contribution is 0.260. The van der Waals surface area contributed by atoms with Crippen LogP contribution in [0.4, 0.5) is 5.69 Å². The van der Waals surface area contributed by atoms with Gasteiger partial charge in [-0.15, -0.1) is 0 Å². The Labute approximate surface area is 109 Å². The lowest BCUT2D eigenvalue weighted by Gasteiger charge is -2.31. The third-order valence-electron chi connectivity index (χ3n) is 3.70. The van der Waals surface area contributed by atoms with E-state index in [0.29, 0.717) is 11.6 Å². The summed E-state index contributed by atoms with van der Waals surface area (Å²) in [7, 11) is -3.46. The number of rotatable bonds is 4. The minimum atomic E-state index is -3.46. The van der Waals surface area contributed by atoms with Gasteiger partial charge in [-0.3, -0.25) is 0 Å². The van der Waals surface area contributed by atoms with E-state index in [1.807, 2.05) is 6.92 Å². The summed E-state index contributed by atoms with van der Waals surface area (Å²) >= 11 is 0. The molecule has 4 nitrogen and oxygen atoms in total. The first-order chi connectivity index (χ1) is 8.40. The zero-order valence-corrected chi connectivity index (χ0v) is 11.6. The van der Waals surface area contributed by atoms with E-state index in [0.717, 1.165) is 18.4 Å². The minimum absolute atomic E-state index is 0.00965. The fraction of sp³-hybridized carbons (Fsp3) is 0.538. The summed E-state index contributed by atoms with van der Waals surface area (Å²) in [6.45, 7) is 3.71. The maximum absolute atomic E-state index is 12.3. The third kappa shape index (κ3) is 2.67. The number of benzene rings is 1. The van der Waals surface area contributed by atoms with Crippen LogP contribution in [-0.2, 0) is 10.0 Å². The van der Waals surface area contributed by atoms with Crippen molar-refractivity contribution in [3.63, 3.8) is 0 Å². The monoisotopic (exact) mass is 268 g/mol. The Morgan fingerprint density at radius 3 is 2.61 bits per heavy atom. The van der Waals surface area contributed by atoms with Crippen LogP contribution >= 0.6 is 0 Å². The van der Waals surface area contributed by atoms with Crippen LogP contribution in [0.5, 0.6) is 0 Å². The van der Waals surface area contributed by atoms with Crippen LogP contribution in [0.1, 0.15) is 31.7 Å². The summed E-state index contributed by atoms with van der Waals surface area (Å²) in [4.78, 5) is 0.286. The Kier molecular flexibility index (Phi) is 3.64. The second-order valence-corrected chi connectivity index (χ2v) is 6.81. The molecule has 1 saturated carbocycles. The number of hydrogen-bond donors (Lipinski definition) is 2. The largest absolute Gasteiger partial charge is 0.399 e. The second kappa shape index (κ2) is 4.90. The van der Waals surface area contributed by atoms with Crippen molar-refractivity contribution in [3.05, 3.63) is 23.8 Å². The number of hydrogen-bond acceptors (Lipinski definition) is 3. The van der Waals surface area contributed by atoms with E-state index >= 15 is 0 Å². The predicted octanol–water partition coefficient (Wildman–Crippen LogP) is 2.04. The Morgan fingerprint density at radius 2 is 2.06 bits per heavy atom. The number of nitrogens with one attached hydrogen (secondary N) is 1. The van der Waals surface area contributed by atoms with Crippen molar-refractivity contribution in [2.45, 2.75) is 44.0 Å². The smallest absolute Gasteiger partial charge is 0.241 e. The molecule has 0 bridgehead atoms. The number of sulfonamides is 1. The van der Waals surface area contributed by atoms with Crippen molar-refractivity contribution < 1.29 is 8.42 Å². The van der Waals surface area contributed by atoms with Crippen molar-refractivity contribution in [1.29, 1.82) is 0 Å². The maximum Gasteiger partial charge on any atom is 0.241 e. The molecule has 3 N–H and O–H groups in total. The SMILES string of the molecule is Cc1ccc(N)cc1S(=O)(=O)NC(C)C1CCC1. The molecule has 0 spiro atoms. The standard InChI is InChI=1S/C13H20N2O2S/c1-9-6-7-12(14)8-13(9)18(16,17)15-10(2)11-4-3-5-11/h6-8,10-11,15H,3-5,14H2,1-2H3. The zero-order chi connectivity index (χ0) is 13.3. The highest BCUT2D eigenvalue weighted by molar-refractivity contribution is 7.89. The highest BCUT2D eigenvalue weighted by atomic mass is 32.2. The van der Waals surface area contributed by atoms with Crippen molar-refractivity contribution in [1.82, 2.24) is 4.72 Å². The summed E-state index contributed by atoms with van der Waals surface area (Å²) in [6, 6.07) is 4.96. The molecule has 1 aromatic rings. The van der Waals surface area contributed by atoms with Gasteiger partial charge in [0.15, 0.2) is 0 Å². The number of nitrogen functional groups attached to an aromatic ring is 1. The molecule has 1 unspecified atom stereocenters. The summed E-state index contributed by atoms with van der Waals surface area (Å²) in [5.41, 5.74) is 6.85. The predicted molar refractivity (Wildman–Crippen MR) is 72.7 cm³/mol. The van der Waals surface area contributed by atoms with Crippen LogP contribution in [0.3, 0.4) is 0 Å². The van der Waals surface area contributed by atoms with Crippen LogP contribution in [0.25, 0.3) is 0 Å². The normalized spacial score (nSPS) is 18.3. The third-order valence-corrected chi connectivity index (χ3v) is 5.40. The van der Waals surface area contributed by atoms with Gasteiger partial charge in [0, 0.05) is 11.7 Å². The molecule has 0 heterocycles. The molecule has 5 heteroatoms. The van der Waals surface area contributed by atoms with Gasteiger partial charge in [0.25, 0.3) is 0 Å². The minimum Gasteiger partial charge on any atom is -0.399 e. The average Bonchev–Trinajstić information content (AvgIpc) is 2.17. The number of anilines is 1. The summed E-state index contributed by atoms with van der Waals surface area (Å²) in [5.74, 6) is 0.473. The highest BCUT2D eigenvalue weighted by Gasteiger charge is 2.28. The van der Waals surface area contributed by atoms with Crippen molar-refractivity contribution in [2.24, 2.45) is 5.92 Å². The van der Waals surface area contributed by atoms with Gasteiger partial charge in [0.2, 0.25) is 10.0 Å². The fourth-order valence-electron chi connectivity index (χ4n) is 2.25. The van der Waals surface area contributed by atoms with E-state index in [2.05, 4.69) is 4.72 Å². The van der Waals surface area contributed by atoms with Crippen LogP contribution in [0.15, 0.2) is 23.1 Å². The topological polar surface area (TPSA) is 72.2 Å². The second-order valence-electron chi connectivity index (χ2n) is 5.13. The van der Waals surface area contributed by atoms with E-state index < -0.39 is 10.0 Å². The summed E-state index contributed by atoms with van der Waals surface area (Å²) < 4.78 is 27.3. The Bertz CT molecular complexity index is 536. The maximum atomic E-state index is 12.3. The highest BCUT2D eigenvalue weighted by Crippen LogP contribution is 2.30. The van der Waals surface area contributed by atoms with Crippen LogP contribution in [0, 0.1) is 12.8 Å². The quantitative estimate of drug-likeness (QED) is 0.821. The van der Waals surface area contributed by atoms with Crippen molar-refractivity contribution in [3.8, 4) is 0 Å². The van der Waals surface area contributed by atoms with E-state index in [1.54, 1.807) is 19.1 Å². The molecule has 0 radical (unpaired) electrons. The fourth-order valence-corrected chi connectivity index (χ4v) is 3.84. The molecule has 2 rings (SSSR count).